The topological polar surface area (TPSA) is 84.4 Å². The molecular weight excluding hydrogens is 434 g/mol. The van der Waals surface area contributed by atoms with Crippen molar-refractivity contribution in [3.05, 3.63) is 61.2 Å². The lowest BCUT2D eigenvalue weighted by molar-refractivity contribution is 0.145. The molecule has 1 aliphatic rings. The quantitative estimate of drug-likeness (QED) is 0.440. The maximum atomic E-state index is 9.80. The van der Waals surface area contributed by atoms with Gasteiger partial charge in [-0.2, -0.15) is 5.10 Å². The fraction of sp³-hybridized carbons (Fsp3) is 0.250. The highest BCUT2D eigenvalue weighted by Crippen LogP contribution is 2.31. The summed E-state index contributed by atoms with van der Waals surface area (Å²) < 4.78 is 3.82. The fourth-order valence-electron chi connectivity index (χ4n) is 4.24. The molecule has 0 bridgehead atoms. The number of aliphatic hydroxyl groups excluding tert-OH is 1. The van der Waals surface area contributed by atoms with Gasteiger partial charge in [0.2, 0.25) is 0 Å². The Morgan fingerprint density at radius 3 is 2.67 bits per heavy atom. The molecule has 9 heteroatoms. The molecule has 5 heterocycles. The number of aliphatic hydroxyl groups is 1. The third-order valence-corrected chi connectivity index (χ3v) is 7.04. The molecule has 0 radical (unpaired) electrons. The summed E-state index contributed by atoms with van der Waals surface area (Å²) in [5.74, 6) is 0. The Morgan fingerprint density at radius 2 is 1.85 bits per heavy atom. The van der Waals surface area contributed by atoms with Crippen molar-refractivity contribution in [3.8, 4) is 11.1 Å². The SMILES string of the molecule is Cn1cc(-c2ccc3nnc(Sc4ccc5ncc(N6CCC(O)CC6)cc5c4)n3c2)cn1. The number of benzene rings is 1. The smallest absolute Gasteiger partial charge is 0.200 e. The molecule has 0 unspecified atom stereocenters. The van der Waals surface area contributed by atoms with Crippen molar-refractivity contribution in [3.63, 3.8) is 0 Å². The molecule has 1 aromatic carbocycles. The van der Waals surface area contributed by atoms with Crippen LogP contribution in [-0.4, -0.2) is 53.7 Å². The lowest BCUT2D eigenvalue weighted by atomic mass is 10.1. The van der Waals surface area contributed by atoms with Crippen molar-refractivity contribution in [1.29, 1.82) is 0 Å². The Kier molecular flexibility index (Phi) is 5.00. The predicted octanol–water partition coefficient (Wildman–Crippen LogP) is 3.79. The molecule has 0 spiro atoms. The standard InChI is InChI=1S/C24H23N7OS/c1-29-14-18(12-26-29)16-2-5-23-27-28-24(31(23)15-16)33-21-3-4-22-17(11-21)10-19(13-25-22)30-8-6-20(32)7-9-30/h2-5,10-15,20,32H,6-9H2,1H3. The first-order valence-electron chi connectivity index (χ1n) is 11.0. The van der Waals surface area contributed by atoms with E-state index in [1.807, 2.05) is 48.2 Å². The van der Waals surface area contributed by atoms with Crippen LogP contribution in [-0.2, 0) is 7.05 Å². The van der Waals surface area contributed by atoms with Crippen LogP contribution in [0.5, 0.6) is 0 Å². The average Bonchev–Trinajstić information content (AvgIpc) is 3.45. The van der Waals surface area contributed by atoms with E-state index in [2.05, 4.69) is 49.6 Å². The summed E-state index contributed by atoms with van der Waals surface area (Å²) in [5.41, 5.74) is 4.99. The number of fused-ring (bicyclic) bond motifs is 2. The molecule has 0 atom stereocenters. The van der Waals surface area contributed by atoms with Gasteiger partial charge in [-0.25, -0.2) is 0 Å². The monoisotopic (exact) mass is 457 g/mol. The molecule has 6 rings (SSSR count). The van der Waals surface area contributed by atoms with E-state index in [4.69, 9.17) is 0 Å². The largest absolute Gasteiger partial charge is 0.393 e. The summed E-state index contributed by atoms with van der Waals surface area (Å²) in [5, 5.41) is 24.7. The van der Waals surface area contributed by atoms with Gasteiger partial charge in [0, 0.05) is 53.9 Å². The van der Waals surface area contributed by atoms with Crippen LogP contribution < -0.4 is 4.90 Å². The summed E-state index contributed by atoms with van der Waals surface area (Å²) in [6, 6.07) is 12.5. The van der Waals surface area contributed by atoms with Gasteiger partial charge in [0.1, 0.15) is 0 Å². The molecule has 4 aromatic heterocycles. The van der Waals surface area contributed by atoms with E-state index in [0.717, 1.165) is 69.3 Å². The van der Waals surface area contributed by atoms with Crippen LogP contribution >= 0.6 is 11.8 Å². The highest BCUT2D eigenvalue weighted by atomic mass is 32.2. The van der Waals surface area contributed by atoms with E-state index < -0.39 is 0 Å². The van der Waals surface area contributed by atoms with Crippen molar-refractivity contribution in [2.45, 2.75) is 29.0 Å². The minimum absolute atomic E-state index is 0.186. The predicted molar refractivity (Wildman–Crippen MR) is 129 cm³/mol. The first kappa shape index (κ1) is 20.2. The van der Waals surface area contributed by atoms with Crippen molar-refractivity contribution in [2.24, 2.45) is 7.05 Å². The van der Waals surface area contributed by atoms with E-state index >= 15 is 0 Å². The van der Waals surface area contributed by atoms with Crippen LogP contribution in [0.3, 0.4) is 0 Å². The molecular formula is C24H23N7OS. The zero-order chi connectivity index (χ0) is 22.4. The lowest BCUT2D eigenvalue weighted by Gasteiger charge is -2.31. The van der Waals surface area contributed by atoms with Gasteiger partial charge in [-0.3, -0.25) is 14.1 Å². The van der Waals surface area contributed by atoms with Crippen LogP contribution in [0, 0.1) is 0 Å². The van der Waals surface area contributed by atoms with Gasteiger partial charge in [-0.1, -0.05) is 0 Å². The fourth-order valence-corrected chi connectivity index (χ4v) is 5.10. The second-order valence-corrected chi connectivity index (χ2v) is 9.44. The molecule has 1 fully saturated rings. The van der Waals surface area contributed by atoms with Crippen molar-refractivity contribution in [1.82, 2.24) is 29.4 Å². The Balaban J connectivity index is 1.31. The molecule has 1 N–H and O–H groups in total. The molecule has 1 saturated heterocycles. The van der Waals surface area contributed by atoms with Crippen molar-refractivity contribution < 1.29 is 5.11 Å². The maximum Gasteiger partial charge on any atom is 0.200 e. The highest BCUT2D eigenvalue weighted by molar-refractivity contribution is 7.99. The highest BCUT2D eigenvalue weighted by Gasteiger charge is 2.18. The van der Waals surface area contributed by atoms with Gasteiger partial charge in [-0.15, -0.1) is 10.2 Å². The van der Waals surface area contributed by atoms with Crippen LogP contribution in [0.2, 0.25) is 0 Å². The van der Waals surface area contributed by atoms with Gasteiger partial charge in [0.05, 0.1) is 29.7 Å². The van der Waals surface area contributed by atoms with Crippen LogP contribution in [0.1, 0.15) is 12.8 Å². The lowest BCUT2D eigenvalue weighted by Crippen LogP contribution is -2.35. The van der Waals surface area contributed by atoms with E-state index in [-0.39, 0.29) is 6.10 Å². The molecule has 166 valence electrons. The third-order valence-electron chi connectivity index (χ3n) is 6.09. The van der Waals surface area contributed by atoms with E-state index in [9.17, 15) is 5.11 Å². The number of aryl methyl sites for hydroxylation is 1. The van der Waals surface area contributed by atoms with E-state index in [1.165, 1.54) is 0 Å². The molecule has 0 amide bonds. The molecule has 33 heavy (non-hydrogen) atoms. The summed E-state index contributed by atoms with van der Waals surface area (Å²) in [6.45, 7) is 1.71. The Hall–Kier alpha value is -3.43. The third kappa shape index (κ3) is 3.94. The van der Waals surface area contributed by atoms with Crippen molar-refractivity contribution >= 4 is 34.0 Å². The molecule has 5 aromatic rings. The van der Waals surface area contributed by atoms with Crippen LogP contribution in [0.15, 0.2) is 71.2 Å². The summed E-state index contributed by atoms with van der Waals surface area (Å²) in [6.07, 6.45) is 9.25. The maximum absolute atomic E-state index is 9.80. The van der Waals surface area contributed by atoms with Crippen LogP contribution in [0.25, 0.3) is 27.7 Å². The number of anilines is 1. The number of hydrogen-bond acceptors (Lipinski definition) is 7. The van der Waals surface area contributed by atoms with Gasteiger partial charge >= 0.3 is 0 Å². The van der Waals surface area contributed by atoms with Gasteiger partial charge in [0.15, 0.2) is 10.8 Å². The number of pyridine rings is 2. The Morgan fingerprint density at radius 1 is 0.970 bits per heavy atom. The Labute approximate surface area is 194 Å². The zero-order valence-electron chi connectivity index (χ0n) is 18.2. The first-order chi connectivity index (χ1) is 16.1. The normalized spacial score (nSPS) is 15.0. The number of hydrogen-bond donors (Lipinski definition) is 1. The molecule has 0 aliphatic carbocycles. The minimum atomic E-state index is -0.186. The van der Waals surface area contributed by atoms with Gasteiger partial charge in [-0.05, 0) is 61.0 Å². The Bertz CT molecular complexity index is 1450. The number of piperidine rings is 1. The zero-order valence-corrected chi connectivity index (χ0v) is 19.0. The summed E-state index contributed by atoms with van der Waals surface area (Å²) in [4.78, 5) is 8.03. The molecule has 1 aliphatic heterocycles. The van der Waals surface area contributed by atoms with E-state index in [1.54, 1.807) is 16.4 Å². The number of nitrogens with zero attached hydrogens (tertiary/aromatic N) is 7. The summed E-state index contributed by atoms with van der Waals surface area (Å²) >= 11 is 1.58. The second-order valence-electron chi connectivity index (χ2n) is 8.40. The second kappa shape index (κ2) is 8.17. The van der Waals surface area contributed by atoms with Gasteiger partial charge in [0.25, 0.3) is 0 Å². The number of rotatable bonds is 4. The average molecular weight is 458 g/mol. The van der Waals surface area contributed by atoms with Crippen LogP contribution in [0.4, 0.5) is 5.69 Å². The molecule has 8 nitrogen and oxygen atoms in total. The summed E-state index contributed by atoms with van der Waals surface area (Å²) in [7, 11) is 1.91. The first-order valence-corrected chi connectivity index (χ1v) is 11.8. The number of aromatic nitrogens is 6. The molecule has 0 saturated carbocycles. The van der Waals surface area contributed by atoms with E-state index in [0.29, 0.717) is 0 Å². The van der Waals surface area contributed by atoms with Gasteiger partial charge < -0.3 is 10.0 Å². The minimum Gasteiger partial charge on any atom is -0.393 e. The van der Waals surface area contributed by atoms with Crippen molar-refractivity contribution in [2.75, 3.05) is 18.0 Å².